The number of nitrogen functional groups attached to an aromatic ring is 1. The van der Waals surface area contributed by atoms with Gasteiger partial charge in [0.15, 0.2) is 18.0 Å². The van der Waals surface area contributed by atoms with Crippen LogP contribution in [0.25, 0.3) is 5.52 Å². The lowest BCUT2D eigenvalue weighted by molar-refractivity contribution is -0.169. The molecular weight excluding hydrogens is 645 g/mol. The van der Waals surface area contributed by atoms with Gasteiger partial charge in [-0.05, 0) is 43.7 Å². The third-order valence-electron chi connectivity index (χ3n) is 7.41. The topological polar surface area (TPSA) is 192 Å². The Morgan fingerprint density at radius 1 is 1.02 bits per heavy atom. The molecule has 5 rings (SSSR count). The number of anilines is 1. The molecule has 1 aliphatic heterocycles. The van der Waals surface area contributed by atoms with Crippen LogP contribution in [0.1, 0.15) is 45.1 Å². The van der Waals surface area contributed by atoms with Gasteiger partial charge in [-0.1, -0.05) is 48.5 Å². The summed E-state index contributed by atoms with van der Waals surface area (Å²) in [5.74, 6) is -1.71. The molecule has 4 aromatic rings. The monoisotopic (exact) mass is 681 g/mol. The van der Waals surface area contributed by atoms with Crippen LogP contribution >= 0.6 is 7.75 Å². The van der Waals surface area contributed by atoms with Crippen molar-refractivity contribution in [1.82, 2.24) is 19.7 Å². The molecular formula is C32H36N5O10P. The summed E-state index contributed by atoms with van der Waals surface area (Å²) in [6, 6.07) is 19.4. The SMILES string of the molecule is CC(=O)O[C@H]1[C@H](c2ccc3c(N)ncnn23)O[C@](C)(COP(=O)(N[C@@H](C)C(=O)OCc2ccccc2)Oc2ccccc2)[C@H]1OC(C)=O. The summed E-state index contributed by atoms with van der Waals surface area (Å²) >= 11 is 0. The van der Waals surface area contributed by atoms with Crippen LogP contribution in [0.5, 0.6) is 5.75 Å². The summed E-state index contributed by atoms with van der Waals surface area (Å²) in [5.41, 5.74) is 6.07. The van der Waals surface area contributed by atoms with E-state index in [4.69, 9.17) is 33.7 Å². The first-order valence-corrected chi connectivity index (χ1v) is 16.5. The van der Waals surface area contributed by atoms with Gasteiger partial charge in [-0.2, -0.15) is 10.2 Å². The molecule has 15 nitrogen and oxygen atoms in total. The Labute approximate surface area is 276 Å². The highest BCUT2D eigenvalue weighted by Crippen LogP contribution is 2.49. The van der Waals surface area contributed by atoms with Crippen LogP contribution in [0.4, 0.5) is 5.82 Å². The van der Waals surface area contributed by atoms with Crippen molar-refractivity contribution in [2.24, 2.45) is 0 Å². The second-order valence-corrected chi connectivity index (χ2v) is 13.0. The molecule has 2 aromatic heterocycles. The number of ether oxygens (including phenoxy) is 4. The Hall–Kier alpha value is -4.82. The van der Waals surface area contributed by atoms with E-state index in [2.05, 4.69) is 15.2 Å². The third kappa shape index (κ3) is 8.00. The molecule has 0 saturated carbocycles. The maximum Gasteiger partial charge on any atom is 0.459 e. The van der Waals surface area contributed by atoms with Gasteiger partial charge >= 0.3 is 25.7 Å². The predicted octanol–water partition coefficient (Wildman–Crippen LogP) is 3.93. The van der Waals surface area contributed by atoms with Crippen LogP contribution in [0.15, 0.2) is 79.1 Å². The van der Waals surface area contributed by atoms with Crippen molar-refractivity contribution in [3.05, 3.63) is 90.4 Å². The van der Waals surface area contributed by atoms with E-state index in [1.54, 1.807) is 61.5 Å². The second-order valence-electron chi connectivity index (χ2n) is 11.3. The summed E-state index contributed by atoms with van der Waals surface area (Å²) in [4.78, 5) is 41.6. The maximum absolute atomic E-state index is 14.3. The number of para-hydroxylation sites is 1. The molecule has 3 heterocycles. The van der Waals surface area contributed by atoms with Crippen molar-refractivity contribution in [2.45, 2.75) is 64.3 Å². The summed E-state index contributed by atoms with van der Waals surface area (Å²) < 4.78 is 50.7. The lowest BCUT2D eigenvalue weighted by atomic mass is 9.96. The van der Waals surface area contributed by atoms with Gasteiger partial charge in [0.2, 0.25) is 0 Å². The highest BCUT2D eigenvalue weighted by molar-refractivity contribution is 7.52. The number of carbonyl (C=O) groups is 3. The van der Waals surface area contributed by atoms with E-state index in [0.717, 1.165) is 5.56 Å². The van der Waals surface area contributed by atoms with E-state index in [-0.39, 0.29) is 18.2 Å². The number of esters is 3. The number of nitrogens with one attached hydrogen (secondary N) is 1. The quantitative estimate of drug-likeness (QED) is 0.117. The number of benzene rings is 2. The van der Waals surface area contributed by atoms with Gasteiger partial charge in [0.25, 0.3) is 0 Å². The molecule has 6 atom stereocenters. The average Bonchev–Trinajstić information content (AvgIpc) is 3.59. The van der Waals surface area contributed by atoms with Crippen molar-refractivity contribution in [3.63, 3.8) is 0 Å². The van der Waals surface area contributed by atoms with E-state index in [0.29, 0.717) is 11.2 Å². The maximum atomic E-state index is 14.3. The van der Waals surface area contributed by atoms with Gasteiger partial charge in [0.1, 0.15) is 41.9 Å². The Morgan fingerprint density at radius 3 is 2.35 bits per heavy atom. The van der Waals surface area contributed by atoms with Crippen LogP contribution in [-0.4, -0.2) is 63.0 Å². The predicted molar refractivity (Wildman–Crippen MR) is 170 cm³/mol. The first-order valence-electron chi connectivity index (χ1n) is 15.0. The number of nitrogens with zero attached hydrogens (tertiary/aromatic N) is 3. The lowest BCUT2D eigenvalue weighted by Crippen LogP contribution is -2.48. The van der Waals surface area contributed by atoms with E-state index < -0.39 is 62.2 Å². The van der Waals surface area contributed by atoms with Gasteiger partial charge in [0.05, 0.1) is 12.3 Å². The normalized spacial score (nSPS) is 22.4. The fourth-order valence-corrected chi connectivity index (χ4v) is 6.80. The highest BCUT2D eigenvalue weighted by atomic mass is 31.2. The Morgan fingerprint density at radius 2 is 1.69 bits per heavy atom. The summed E-state index contributed by atoms with van der Waals surface area (Å²) in [6.45, 7) is 4.85. The number of nitrogens with two attached hydrogens (primary N) is 1. The molecule has 48 heavy (non-hydrogen) atoms. The number of carbonyl (C=O) groups excluding carboxylic acids is 3. The number of rotatable bonds is 13. The molecule has 0 radical (unpaired) electrons. The van der Waals surface area contributed by atoms with Crippen molar-refractivity contribution in [2.75, 3.05) is 12.3 Å². The lowest BCUT2D eigenvalue weighted by Gasteiger charge is -2.32. The van der Waals surface area contributed by atoms with Gasteiger partial charge < -0.3 is 29.2 Å². The van der Waals surface area contributed by atoms with E-state index in [1.165, 1.54) is 31.6 Å². The minimum absolute atomic E-state index is 0.00368. The van der Waals surface area contributed by atoms with Crippen LogP contribution in [0.3, 0.4) is 0 Å². The molecule has 0 spiro atoms. The zero-order chi connectivity index (χ0) is 34.5. The van der Waals surface area contributed by atoms with Crippen molar-refractivity contribution < 1.29 is 46.9 Å². The molecule has 0 bridgehead atoms. The van der Waals surface area contributed by atoms with Crippen molar-refractivity contribution in [3.8, 4) is 5.75 Å². The van der Waals surface area contributed by atoms with Gasteiger partial charge in [0, 0.05) is 13.8 Å². The van der Waals surface area contributed by atoms with Crippen LogP contribution < -0.4 is 15.3 Å². The average molecular weight is 682 g/mol. The molecule has 2 aromatic carbocycles. The molecule has 3 N–H and O–H groups in total. The Bertz CT molecular complexity index is 1810. The van der Waals surface area contributed by atoms with Crippen molar-refractivity contribution in [1.29, 1.82) is 0 Å². The van der Waals surface area contributed by atoms with Gasteiger partial charge in [-0.3, -0.25) is 18.9 Å². The first kappa shape index (κ1) is 34.5. The van der Waals surface area contributed by atoms with Gasteiger partial charge in [-0.15, -0.1) is 0 Å². The van der Waals surface area contributed by atoms with E-state index in [1.807, 2.05) is 18.2 Å². The Balaban J connectivity index is 1.43. The van der Waals surface area contributed by atoms with Crippen LogP contribution in [0.2, 0.25) is 0 Å². The largest absolute Gasteiger partial charge is 0.460 e. The minimum Gasteiger partial charge on any atom is -0.460 e. The fourth-order valence-electron chi connectivity index (χ4n) is 5.22. The molecule has 0 amide bonds. The zero-order valence-electron chi connectivity index (χ0n) is 26.7. The summed E-state index contributed by atoms with van der Waals surface area (Å²) in [7, 11) is -4.40. The second kappa shape index (κ2) is 14.5. The first-order chi connectivity index (χ1) is 22.9. The summed E-state index contributed by atoms with van der Waals surface area (Å²) in [6.07, 6.45) is -2.25. The molecule has 1 unspecified atom stereocenters. The van der Waals surface area contributed by atoms with E-state index in [9.17, 15) is 18.9 Å². The number of fused-ring (bicyclic) bond motifs is 1. The number of aromatic nitrogens is 3. The fraction of sp³-hybridized carbons (Fsp3) is 0.344. The molecule has 1 aliphatic rings. The Kier molecular flexibility index (Phi) is 10.4. The molecule has 16 heteroatoms. The minimum atomic E-state index is -4.40. The van der Waals surface area contributed by atoms with Crippen LogP contribution in [-0.2, 0) is 49.0 Å². The van der Waals surface area contributed by atoms with E-state index >= 15 is 0 Å². The highest BCUT2D eigenvalue weighted by Gasteiger charge is 2.58. The standard InChI is InChI=1S/C32H36N5O10P/c1-20(31(40)42-17-23-11-7-5-8-12-23)36-48(41,47-24-13-9-6-10-14-24)43-18-32(4)29(45-22(3)39)28(44-21(2)38)27(46-32)25-15-16-26-30(33)34-19-35-37(25)26/h5-16,19-20,27-29H,17-18H2,1-4H3,(H,36,41)(H2,33,34,35)/t20-,27-,28-,29-,32+,48?/m0/s1. The molecule has 254 valence electrons. The third-order valence-corrected chi connectivity index (χ3v) is 9.04. The van der Waals surface area contributed by atoms with Crippen LogP contribution in [0, 0.1) is 0 Å². The molecule has 0 aliphatic carbocycles. The van der Waals surface area contributed by atoms with Crippen molar-refractivity contribution >= 4 is 37.0 Å². The smallest absolute Gasteiger partial charge is 0.459 e. The number of hydrogen-bond donors (Lipinski definition) is 2. The summed E-state index contributed by atoms with van der Waals surface area (Å²) in [5, 5.41) is 6.90. The molecule has 1 saturated heterocycles. The zero-order valence-corrected chi connectivity index (χ0v) is 27.6. The molecule has 1 fully saturated rings. The number of hydrogen-bond acceptors (Lipinski definition) is 13. The van der Waals surface area contributed by atoms with Gasteiger partial charge in [-0.25, -0.2) is 14.1 Å².